The molecule has 5 heteroatoms. The summed E-state index contributed by atoms with van der Waals surface area (Å²) in [5.41, 5.74) is 7.35. The van der Waals surface area contributed by atoms with Crippen LogP contribution in [0.3, 0.4) is 0 Å². The van der Waals surface area contributed by atoms with Gasteiger partial charge in [-0.2, -0.15) is 0 Å². The van der Waals surface area contributed by atoms with Crippen LogP contribution in [0.2, 0.25) is 0 Å². The Bertz CT molecular complexity index is 1600. The number of ether oxygens (including phenoxy) is 2. The third-order valence-corrected chi connectivity index (χ3v) is 8.39. The van der Waals surface area contributed by atoms with Crippen LogP contribution in [-0.4, -0.2) is 19.1 Å². The summed E-state index contributed by atoms with van der Waals surface area (Å²) in [6, 6.07) is 26.5. The van der Waals surface area contributed by atoms with E-state index in [2.05, 4.69) is 80.4 Å². The summed E-state index contributed by atoms with van der Waals surface area (Å²) in [7, 11) is 0. The van der Waals surface area contributed by atoms with Gasteiger partial charge >= 0.3 is 5.97 Å². The predicted molar refractivity (Wildman–Crippen MR) is 166 cm³/mol. The molecule has 4 aromatic rings. The summed E-state index contributed by atoms with van der Waals surface area (Å²) < 4.78 is 13.1. The molecule has 0 fully saturated rings. The number of nitrogens with zero attached hydrogens (tertiary/aromatic N) is 1. The number of rotatable bonds is 9. The Morgan fingerprint density at radius 2 is 1.44 bits per heavy atom. The van der Waals surface area contributed by atoms with Gasteiger partial charge in [0.15, 0.2) is 5.60 Å². The molecule has 0 saturated heterocycles. The van der Waals surface area contributed by atoms with E-state index in [1.807, 2.05) is 36.4 Å². The Kier molecular flexibility index (Phi) is 7.21. The highest BCUT2D eigenvalue weighted by atomic mass is 16.6. The lowest BCUT2D eigenvalue weighted by Gasteiger charge is -2.38. The quantitative estimate of drug-likeness (QED) is 0.212. The average molecular weight is 547 g/mol. The van der Waals surface area contributed by atoms with Crippen molar-refractivity contribution in [3.8, 4) is 11.5 Å². The fourth-order valence-corrected chi connectivity index (χ4v) is 6.07. The maximum atomic E-state index is 13.4. The van der Waals surface area contributed by atoms with Gasteiger partial charge in [-0.25, -0.2) is 4.79 Å². The molecular weight excluding hydrogens is 508 g/mol. The van der Waals surface area contributed by atoms with E-state index in [-0.39, 0.29) is 5.97 Å². The standard InChI is InChI=1S/C36H38N2O3/c1-5-7-19-38(20-8-6-2)26-17-18-29-34(22-26)40-33-21-25(4)32(37-31-16-12-9-13-24(31)3)23-30(33)36(29)28-15-11-10-14-27(28)35(39)41-36/h9-18,21-23,37H,5-8,19-20H2,1-4H3. The molecule has 0 aliphatic carbocycles. The number of benzene rings is 4. The number of para-hydroxylation sites is 1. The van der Waals surface area contributed by atoms with Crippen molar-refractivity contribution >= 4 is 23.0 Å². The highest BCUT2D eigenvalue weighted by molar-refractivity contribution is 5.97. The van der Waals surface area contributed by atoms with E-state index >= 15 is 0 Å². The topological polar surface area (TPSA) is 50.8 Å². The Labute approximate surface area is 243 Å². The Balaban J connectivity index is 1.52. The number of aryl methyl sites for hydroxylation is 2. The second-order valence-corrected chi connectivity index (χ2v) is 11.2. The minimum Gasteiger partial charge on any atom is -0.456 e. The highest BCUT2D eigenvalue weighted by Gasteiger charge is 2.53. The summed E-state index contributed by atoms with van der Waals surface area (Å²) in [4.78, 5) is 15.8. The minimum atomic E-state index is -1.09. The molecule has 2 aliphatic rings. The van der Waals surface area contributed by atoms with Crippen molar-refractivity contribution in [2.45, 2.75) is 59.0 Å². The molecule has 1 spiro atoms. The van der Waals surface area contributed by atoms with Crippen LogP contribution in [0.5, 0.6) is 11.5 Å². The van der Waals surface area contributed by atoms with Crippen LogP contribution < -0.4 is 15.0 Å². The van der Waals surface area contributed by atoms with Crippen LogP contribution >= 0.6 is 0 Å². The fourth-order valence-electron chi connectivity index (χ4n) is 6.07. The SMILES string of the molecule is CCCCN(CCCC)c1ccc2c(c1)Oc1cc(C)c(Nc3ccccc3C)cc1C21OC(=O)c2ccccc21. The molecule has 4 aromatic carbocycles. The van der Waals surface area contributed by atoms with Gasteiger partial charge in [0, 0.05) is 52.9 Å². The summed E-state index contributed by atoms with van der Waals surface area (Å²) >= 11 is 0. The molecule has 1 N–H and O–H groups in total. The predicted octanol–water partition coefficient (Wildman–Crippen LogP) is 9.02. The van der Waals surface area contributed by atoms with Crippen LogP contribution in [0.25, 0.3) is 0 Å². The molecule has 0 radical (unpaired) electrons. The van der Waals surface area contributed by atoms with Gasteiger partial charge in [0.1, 0.15) is 11.5 Å². The van der Waals surface area contributed by atoms with Gasteiger partial charge < -0.3 is 19.7 Å². The van der Waals surface area contributed by atoms with E-state index in [0.717, 1.165) is 89.4 Å². The number of esters is 1. The molecule has 210 valence electrons. The van der Waals surface area contributed by atoms with Crippen LogP contribution in [0.4, 0.5) is 17.1 Å². The smallest absolute Gasteiger partial charge is 0.340 e. The zero-order valence-corrected chi connectivity index (χ0v) is 24.4. The van der Waals surface area contributed by atoms with Crippen LogP contribution in [-0.2, 0) is 10.3 Å². The minimum absolute atomic E-state index is 0.315. The first-order valence-electron chi connectivity index (χ1n) is 14.8. The van der Waals surface area contributed by atoms with Crippen molar-refractivity contribution in [1.29, 1.82) is 0 Å². The molecule has 1 unspecified atom stereocenters. The molecule has 5 nitrogen and oxygen atoms in total. The molecule has 2 aliphatic heterocycles. The molecule has 0 bridgehead atoms. The van der Waals surface area contributed by atoms with Gasteiger partial charge in [0.25, 0.3) is 0 Å². The first kappa shape index (κ1) is 26.9. The Hall–Kier alpha value is -4.25. The number of hydrogen-bond acceptors (Lipinski definition) is 5. The molecule has 0 amide bonds. The number of nitrogens with one attached hydrogen (secondary N) is 1. The van der Waals surface area contributed by atoms with E-state index in [9.17, 15) is 4.79 Å². The van der Waals surface area contributed by atoms with Crippen molar-refractivity contribution < 1.29 is 14.3 Å². The lowest BCUT2D eigenvalue weighted by atomic mass is 9.77. The van der Waals surface area contributed by atoms with Crippen molar-refractivity contribution in [3.05, 3.63) is 112 Å². The van der Waals surface area contributed by atoms with Crippen LogP contribution in [0, 0.1) is 13.8 Å². The van der Waals surface area contributed by atoms with Crippen molar-refractivity contribution in [2.24, 2.45) is 0 Å². The number of fused-ring (bicyclic) bond motifs is 6. The summed E-state index contributed by atoms with van der Waals surface area (Å²) in [6.07, 6.45) is 4.56. The second kappa shape index (κ2) is 11.0. The molecule has 41 heavy (non-hydrogen) atoms. The van der Waals surface area contributed by atoms with E-state index in [1.54, 1.807) is 0 Å². The second-order valence-electron chi connectivity index (χ2n) is 11.2. The monoisotopic (exact) mass is 546 g/mol. The number of carbonyl (C=O) groups excluding carboxylic acids is 1. The van der Waals surface area contributed by atoms with Gasteiger partial charge in [-0.15, -0.1) is 0 Å². The number of hydrogen-bond donors (Lipinski definition) is 1. The number of carbonyl (C=O) groups is 1. The van der Waals surface area contributed by atoms with Gasteiger partial charge in [0.05, 0.1) is 5.56 Å². The van der Waals surface area contributed by atoms with Crippen molar-refractivity contribution in [1.82, 2.24) is 0 Å². The largest absolute Gasteiger partial charge is 0.456 e. The normalized spacial score (nSPS) is 16.4. The molecular formula is C36H38N2O3. The molecule has 0 saturated carbocycles. The highest BCUT2D eigenvalue weighted by Crippen LogP contribution is 2.57. The van der Waals surface area contributed by atoms with E-state index < -0.39 is 5.60 Å². The third-order valence-electron chi connectivity index (χ3n) is 8.39. The molecule has 2 heterocycles. The van der Waals surface area contributed by atoms with E-state index in [4.69, 9.17) is 9.47 Å². The summed E-state index contributed by atoms with van der Waals surface area (Å²) in [6.45, 7) is 10.6. The summed E-state index contributed by atoms with van der Waals surface area (Å²) in [5.74, 6) is 1.13. The van der Waals surface area contributed by atoms with Gasteiger partial charge in [-0.1, -0.05) is 63.1 Å². The average Bonchev–Trinajstić information content (AvgIpc) is 3.27. The molecule has 1 atom stereocenters. The van der Waals surface area contributed by atoms with Crippen molar-refractivity contribution in [3.63, 3.8) is 0 Å². The molecule has 0 aromatic heterocycles. The van der Waals surface area contributed by atoms with E-state index in [0.29, 0.717) is 11.3 Å². The maximum absolute atomic E-state index is 13.4. The van der Waals surface area contributed by atoms with Gasteiger partial charge in [0.2, 0.25) is 0 Å². The van der Waals surface area contributed by atoms with Crippen molar-refractivity contribution in [2.75, 3.05) is 23.3 Å². The Morgan fingerprint density at radius 3 is 2.20 bits per heavy atom. The molecule has 6 rings (SSSR count). The summed E-state index contributed by atoms with van der Waals surface area (Å²) in [5, 5.41) is 3.62. The first-order chi connectivity index (χ1) is 20.0. The third kappa shape index (κ3) is 4.63. The van der Waals surface area contributed by atoms with Crippen LogP contribution in [0.15, 0.2) is 78.9 Å². The van der Waals surface area contributed by atoms with Gasteiger partial charge in [-0.3, -0.25) is 0 Å². The zero-order chi connectivity index (χ0) is 28.6. The lowest BCUT2D eigenvalue weighted by Crippen LogP contribution is -2.33. The number of anilines is 3. The Morgan fingerprint density at radius 1 is 0.732 bits per heavy atom. The number of unbranched alkanes of at least 4 members (excludes halogenated alkanes) is 2. The maximum Gasteiger partial charge on any atom is 0.340 e. The van der Waals surface area contributed by atoms with E-state index in [1.165, 1.54) is 0 Å². The van der Waals surface area contributed by atoms with Crippen LogP contribution in [0.1, 0.15) is 77.7 Å². The lowest BCUT2D eigenvalue weighted by molar-refractivity contribution is 0.0224. The fraction of sp³-hybridized carbons (Fsp3) is 0.306. The van der Waals surface area contributed by atoms with Gasteiger partial charge in [-0.05, 0) is 74.2 Å². The zero-order valence-electron chi connectivity index (χ0n) is 24.4. The first-order valence-corrected chi connectivity index (χ1v) is 14.8.